The number of nitrogens with zero attached hydrogens (tertiary/aromatic N) is 1. The van der Waals surface area contributed by atoms with Gasteiger partial charge in [-0.1, -0.05) is 0 Å². The maximum Gasteiger partial charge on any atom is 0.411 e. The molecular weight excluding hydrogens is 286 g/mol. The van der Waals surface area contributed by atoms with E-state index in [1.165, 1.54) is 22.3 Å². The lowest BCUT2D eigenvalue weighted by Gasteiger charge is -2.13. The maximum atomic E-state index is 11.3. The number of alkyl halides is 1. The van der Waals surface area contributed by atoms with Crippen LogP contribution >= 0.6 is 22.9 Å². The predicted octanol–water partition coefficient (Wildman–Crippen LogP) is 3.74. The number of anilines is 1. The molecule has 19 heavy (non-hydrogen) atoms. The fourth-order valence-corrected chi connectivity index (χ4v) is 3.95. The number of phenols is 1. The van der Waals surface area contributed by atoms with Gasteiger partial charge in [0.2, 0.25) is 0 Å². The molecule has 1 aromatic heterocycles. The van der Waals surface area contributed by atoms with Crippen LogP contribution in [0.15, 0.2) is 11.4 Å². The predicted molar refractivity (Wildman–Crippen MR) is 77.1 cm³/mol. The molecule has 1 atom stereocenters. The number of amides is 1. The Morgan fingerprint density at radius 3 is 3.00 bits per heavy atom. The average molecular weight is 298 g/mol. The largest absolute Gasteiger partial charge is 0.506 e. The molecule has 2 aromatic rings. The van der Waals surface area contributed by atoms with Gasteiger partial charge in [0.15, 0.2) is 0 Å². The van der Waals surface area contributed by atoms with E-state index in [9.17, 15) is 15.0 Å². The van der Waals surface area contributed by atoms with Crippen molar-refractivity contribution in [1.82, 2.24) is 0 Å². The smallest absolute Gasteiger partial charge is 0.411 e. The molecule has 0 aliphatic carbocycles. The molecule has 1 aliphatic heterocycles. The number of carbonyl (C=O) groups is 1. The Balaban J connectivity index is 2.37. The first kappa shape index (κ1) is 12.6. The van der Waals surface area contributed by atoms with Crippen molar-refractivity contribution in [3.05, 3.63) is 22.6 Å². The minimum Gasteiger partial charge on any atom is -0.506 e. The second kappa shape index (κ2) is 4.28. The van der Waals surface area contributed by atoms with E-state index in [0.717, 1.165) is 21.2 Å². The molecule has 0 fully saturated rings. The first-order valence-electron chi connectivity index (χ1n) is 5.84. The Hall–Kier alpha value is -1.46. The van der Waals surface area contributed by atoms with Crippen molar-refractivity contribution in [3.63, 3.8) is 0 Å². The molecule has 1 unspecified atom stereocenters. The second-order valence-electron chi connectivity index (χ2n) is 4.70. The number of thiophene rings is 1. The summed E-state index contributed by atoms with van der Waals surface area (Å²) in [6.45, 7) is 2.31. The number of hydrogen-bond donors (Lipinski definition) is 2. The molecule has 1 amide bonds. The van der Waals surface area contributed by atoms with Crippen LogP contribution in [0.3, 0.4) is 0 Å². The van der Waals surface area contributed by atoms with Crippen molar-refractivity contribution in [3.8, 4) is 5.75 Å². The highest BCUT2D eigenvalue weighted by Gasteiger charge is 2.35. The molecule has 4 nitrogen and oxygen atoms in total. The summed E-state index contributed by atoms with van der Waals surface area (Å²) >= 11 is 7.46. The maximum absolute atomic E-state index is 11.3. The lowest BCUT2D eigenvalue weighted by atomic mass is 9.97. The molecule has 2 N–H and O–H groups in total. The Labute approximate surface area is 118 Å². The molecule has 0 saturated heterocycles. The molecule has 0 saturated carbocycles. The van der Waals surface area contributed by atoms with Crippen molar-refractivity contribution in [2.45, 2.75) is 12.8 Å². The van der Waals surface area contributed by atoms with Crippen molar-refractivity contribution in [2.75, 3.05) is 17.3 Å². The fraction of sp³-hybridized carbons (Fsp3) is 0.308. The normalized spacial score (nSPS) is 18.0. The molecule has 3 rings (SSSR count). The van der Waals surface area contributed by atoms with Gasteiger partial charge in [-0.25, -0.2) is 4.79 Å². The van der Waals surface area contributed by atoms with Gasteiger partial charge in [0.1, 0.15) is 5.75 Å². The van der Waals surface area contributed by atoms with E-state index in [1.54, 1.807) is 0 Å². The van der Waals surface area contributed by atoms with Crippen LogP contribution in [-0.4, -0.2) is 28.7 Å². The third kappa shape index (κ3) is 1.69. The molecule has 1 aromatic carbocycles. The first-order chi connectivity index (χ1) is 9.04. The van der Waals surface area contributed by atoms with Crippen molar-refractivity contribution >= 4 is 44.8 Å². The number of benzene rings is 1. The van der Waals surface area contributed by atoms with Gasteiger partial charge in [0.05, 0.1) is 10.4 Å². The summed E-state index contributed by atoms with van der Waals surface area (Å²) in [5.41, 5.74) is 2.56. The Morgan fingerprint density at radius 1 is 1.63 bits per heavy atom. The van der Waals surface area contributed by atoms with E-state index in [-0.39, 0.29) is 11.7 Å². The van der Waals surface area contributed by atoms with Crippen LogP contribution in [0, 0.1) is 6.92 Å². The standard InChI is InChI=1S/C13H12ClNO3S/c1-6-5-19-12-9(16)2-8-11(10(6)12)7(3-14)4-15(8)13(17)18/h2,5,7,16H,3-4H2,1H3,(H,17,18). The van der Waals surface area contributed by atoms with Gasteiger partial charge < -0.3 is 10.2 Å². The average Bonchev–Trinajstić information content (AvgIpc) is 2.90. The summed E-state index contributed by atoms with van der Waals surface area (Å²) in [7, 11) is 0. The first-order valence-corrected chi connectivity index (χ1v) is 7.26. The number of phenolic OH excluding ortho intramolecular Hbond substituents is 1. The highest BCUT2D eigenvalue weighted by atomic mass is 35.5. The van der Waals surface area contributed by atoms with Gasteiger partial charge in [-0.2, -0.15) is 0 Å². The number of carboxylic acid groups (broad SMARTS) is 1. The Bertz CT molecular complexity index is 682. The molecule has 0 spiro atoms. The number of rotatable bonds is 1. The van der Waals surface area contributed by atoms with Gasteiger partial charge in [0.25, 0.3) is 0 Å². The van der Waals surface area contributed by atoms with Crippen LogP contribution in [0.25, 0.3) is 10.1 Å². The van der Waals surface area contributed by atoms with Gasteiger partial charge in [-0.3, -0.25) is 4.90 Å². The third-order valence-corrected chi connectivity index (χ3v) is 5.04. The van der Waals surface area contributed by atoms with E-state index < -0.39 is 6.09 Å². The summed E-state index contributed by atoms with van der Waals surface area (Å²) in [4.78, 5) is 12.6. The molecule has 2 heterocycles. The lowest BCUT2D eigenvalue weighted by molar-refractivity contribution is 0.202. The number of aryl methyl sites for hydroxylation is 1. The lowest BCUT2D eigenvalue weighted by Crippen LogP contribution is -2.28. The molecule has 6 heteroatoms. The van der Waals surface area contributed by atoms with Crippen LogP contribution in [-0.2, 0) is 0 Å². The summed E-state index contributed by atoms with van der Waals surface area (Å²) in [5, 5.41) is 22.2. The SMILES string of the molecule is Cc1csc2c(O)cc3c(c12)C(CCl)CN3C(=O)O. The molecule has 100 valence electrons. The van der Waals surface area contributed by atoms with Gasteiger partial charge in [0, 0.05) is 29.8 Å². The third-order valence-electron chi connectivity index (χ3n) is 3.55. The van der Waals surface area contributed by atoms with Crippen molar-refractivity contribution < 1.29 is 15.0 Å². The van der Waals surface area contributed by atoms with Crippen LogP contribution in [0.5, 0.6) is 5.75 Å². The van der Waals surface area contributed by atoms with Crippen LogP contribution in [0.4, 0.5) is 10.5 Å². The molecule has 0 radical (unpaired) electrons. The fourth-order valence-electron chi connectivity index (χ4n) is 2.72. The molecule has 1 aliphatic rings. The van der Waals surface area contributed by atoms with Gasteiger partial charge in [-0.15, -0.1) is 22.9 Å². The Kier molecular flexibility index (Phi) is 2.83. The second-order valence-corrected chi connectivity index (χ2v) is 5.88. The zero-order chi connectivity index (χ0) is 13.7. The van der Waals surface area contributed by atoms with Crippen LogP contribution in [0.2, 0.25) is 0 Å². The number of fused-ring (bicyclic) bond motifs is 3. The molecule has 0 bridgehead atoms. The van der Waals surface area contributed by atoms with E-state index in [0.29, 0.717) is 18.1 Å². The summed E-state index contributed by atoms with van der Waals surface area (Å²) in [6.07, 6.45) is -1.01. The van der Waals surface area contributed by atoms with E-state index in [1.807, 2.05) is 12.3 Å². The minimum absolute atomic E-state index is 0.0239. The Morgan fingerprint density at radius 2 is 2.37 bits per heavy atom. The highest BCUT2D eigenvalue weighted by molar-refractivity contribution is 7.17. The van der Waals surface area contributed by atoms with E-state index in [4.69, 9.17) is 11.6 Å². The van der Waals surface area contributed by atoms with Crippen molar-refractivity contribution in [1.29, 1.82) is 0 Å². The summed E-state index contributed by atoms with van der Waals surface area (Å²) in [6, 6.07) is 1.54. The highest BCUT2D eigenvalue weighted by Crippen LogP contribution is 2.48. The van der Waals surface area contributed by atoms with Crippen LogP contribution < -0.4 is 4.90 Å². The van der Waals surface area contributed by atoms with E-state index in [2.05, 4.69) is 0 Å². The van der Waals surface area contributed by atoms with Crippen LogP contribution in [0.1, 0.15) is 17.0 Å². The zero-order valence-electron chi connectivity index (χ0n) is 10.2. The topological polar surface area (TPSA) is 60.8 Å². The number of aromatic hydroxyl groups is 1. The number of hydrogen-bond acceptors (Lipinski definition) is 3. The monoisotopic (exact) mass is 297 g/mol. The van der Waals surface area contributed by atoms with Gasteiger partial charge in [-0.05, 0) is 23.4 Å². The minimum atomic E-state index is -1.01. The molecular formula is C13H12ClNO3S. The van der Waals surface area contributed by atoms with Crippen molar-refractivity contribution in [2.24, 2.45) is 0 Å². The zero-order valence-corrected chi connectivity index (χ0v) is 11.8. The van der Waals surface area contributed by atoms with Gasteiger partial charge >= 0.3 is 6.09 Å². The quantitative estimate of drug-likeness (QED) is 0.788. The summed E-state index contributed by atoms with van der Waals surface area (Å²) < 4.78 is 0.804. The van der Waals surface area contributed by atoms with E-state index >= 15 is 0 Å². The number of halogens is 1. The summed E-state index contributed by atoms with van der Waals surface area (Å²) in [5.74, 6) is 0.476.